The summed E-state index contributed by atoms with van der Waals surface area (Å²) in [5, 5.41) is 17.0. The van der Waals surface area contributed by atoms with Gasteiger partial charge in [-0.1, -0.05) is 19.9 Å². The number of hydrogen-bond acceptors (Lipinski definition) is 7. The molecule has 0 aliphatic carbocycles. The fourth-order valence-corrected chi connectivity index (χ4v) is 5.74. The fourth-order valence-electron chi connectivity index (χ4n) is 5.74. The SMILES string of the molecule is CNC(=O)c1c(-c2ccc(F)cc2)oc2ccc(-c3cc(C(=O)NCC(C)C)ccc3OCC3CCCN3C(O)OC(C)(C)C)cc12. The van der Waals surface area contributed by atoms with Gasteiger partial charge in [0.1, 0.15) is 29.5 Å². The molecule has 5 rings (SSSR count). The lowest BCUT2D eigenvalue weighted by molar-refractivity contribution is -0.243. The third-order valence-electron chi connectivity index (χ3n) is 8.07. The monoisotopic (exact) mass is 645 g/mol. The van der Waals surface area contributed by atoms with Crippen LogP contribution < -0.4 is 15.4 Å². The van der Waals surface area contributed by atoms with E-state index in [-0.39, 0.29) is 23.8 Å². The minimum Gasteiger partial charge on any atom is -0.491 e. The van der Waals surface area contributed by atoms with E-state index in [2.05, 4.69) is 10.6 Å². The standard InChI is InChI=1S/C37H44FN3O6/c1-22(2)20-40-34(42)25-12-15-30(45-21-27-8-7-17-41(27)36(44)47-37(3,4)5)28(19-25)24-11-16-31-29(18-24)32(35(43)39-6)33(46-31)23-9-13-26(38)14-10-23/h9-16,18-19,22,27,36,44H,7-8,17,20-21H2,1-6H3,(H,39,43)(H,40,42). The summed E-state index contributed by atoms with van der Waals surface area (Å²) in [6, 6.07) is 16.5. The summed E-state index contributed by atoms with van der Waals surface area (Å²) in [5.74, 6) is 0.213. The van der Waals surface area contributed by atoms with Crippen molar-refractivity contribution >= 4 is 22.8 Å². The maximum atomic E-state index is 13.7. The Morgan fingerprint density at radius 3 is 2.45 bits per heavy atom. The van der Waals surface area contributed by atoms with Gasteiger partial charge < -0.3 is 29.6 Å². The van der Waals surface area contributed by atoms with Crippen molar-refractivity contribution in [2.75, 3.05) is 26.7 Å². The van der Waals surface area contributed by atoms with Crippen LogP contribution in [-0.2, 0) is 4.74 Å². The molecule has 1 aliphatic heterocycles. The molecule has 2 amide bonds. The maximum Gasteiger partial charge on any atom is 0.255 e. The number of halogens is 1. The number of aliphatic hydroxyl groups excluding tert-OH is 1. The molecule has 0 spiro atoms. The van der Waals surface area contributed by atoms with Crippen molar-refractivity contribution in [3.63, 3.8) is 0 Å². The largest absolute Gasteiger partial charge is 0.491 e. The predicted molar refractivity (Wildman–Crippen MR) is 180 cm³/mol. The van der Waals surface area contributed by atoms with Crippen molar-refractivity contribution in [1.82, 2.24) is 15.5 Å². The van der Waals surface area contributed by atoms with Gasteiger partial charge in [-0.3, -0.25) is 9.59 Å². The second-order valence-electron chi connectivity index (χ2n) is 13.3. The number of aliphatic hydroxyl groups is 1. The molecule has 1 saturated heterocycles. The highest BCUT2D eigenvalue weighted by atomic mass is 19.1. The highest BCUT2D eigenvalue weighted by molar-refractivity contribution is 6.12. The van der Waals surface area contributed by atoms with E-state index in [4.69, 9.17) is 13.9 Å². The van der Waals surface area contributed by atoms with Gasteiger partial charge in [-0.25, -0.2) is 9.29 Å². The third kappa shape index (κ3) is 8.01. The number of ether oxygens (including phenoxy) is 2. The van der Waals surface area contributed by atoms with Crippen LogP contribution in [-0.4, -0.2) is 66.6 Å². The van der Waals surface area contributed by atoms with Crippen LogP contribution >= 0.6 is 0 Å². The summed E-state index contributed by atoms with van der Waals surface area (Å²) in [7, 11) is 1.54. The minimum atomic E-state index is -1.06. The Morgan fingerprint density at radius 2 is 1.77 bits per heavy atom. The van der Waals surface area contributed by atoms with Gasteiger partial charge in [-0.2, -0.15) is 0 Å². The van der Waals surface area contributed by atoms with E-state index in [0.29, 0.717) is 70.0 Å². The number of nitrogens with one attached hydrogen (secondary N) is 2. The molecule has 2 atom stereocenters. The molecule has 1 aliphatic rings. The lowest BCUT2D eigenvalue weighted by Crippen LogP contribution is -2.46. The van der Waals surface area contributed by atoms with Gasteiger partial charge in [0, 0.05) is 48.3 Å². The van der Waals surface area contributed by atoms with Crippen molar-refractivity contribution in [3.05, 3.63) is 77.6 Å². The lowest BCUT2D eigenvalue weighted by Gasteiger charge is -2.33. The van der Waals surface area contributed by atoms with Gasteiger partial charge in [-0.05, 0) is 99.7 Å². The van der Waals surface area contributed by atoms with E-state index in [1.165, 1.54) is 12.1 Å². The smallest absolute Gasteiger partial charge is 0.255 e. The van der Waals surface area contributed by atoms with Crippen LogP contribution in [0.1, 0.15) is 68.2 Å². The first-order valence-electron chi connectivity index (χ1n) is 16.1. The second-order valence-corrected chi connectivity index (χ2v) is 13.3. The highest BCUT2D eigenvalue weighted by Crippen LogP contribution is 2.39. The van der Waals surface area contributed by atoms with E-state index >= 15 is 0 Å². The molecule has 2 heterocycles. The Morgan fingerprint density at radius 1 is 1.04 bits per heavy atom. The first kappa shape index (κ1) is 34.1. The molecule has 0 saturated carbocycles. The quantitative estimate of drug-likeness (QED) is 0.158. The number of nitrogens with zero attached hydrogens (tertiary/aromatic N) is 1. The summed E-state index contributed by atoms with van der Waals surface area (Å²) in [6.45, 7) is 11.3. The van der Waals surface area contributed by atoms with Crippen LogP contribution in [0.4, 0.5) is 4.39 Å². The van der Waals surface area contributed by atoms with E-state index in [1.807, 2.05) is 51.7 Å². The van der Waals surface area contributed by atoms with Crippen LogP contribution in [0.5, 0.6) is 5.75 Å². The normalized spacial score (nSPS) is 16.1. The lowest BCUT2D eigenvalue weighted by atomic mass is 9.98. The topological polar surface area (TPSA) is 113 Å². The predicted octanol–water partition coefficient (Wildman–Crippen LogP) is 6.59. The third-order valence-corrected chi connectivity index (χ3v) is 8.07. The Labute approximate surface area is 275 Å². The van der Waals surface area contributed by atoms with E-state index in [1.54, 1.807) is 43.4 Å². The number of carbonyl (C=O) groups is 2. The molecular formula is C37H44FN3O6. The molecule has 250 valence electrons. The van der Waals surface area contributed by atoms with Gasteiger partial charge >= 0.3 is 0 Å². The summed E-state index contributed by atoms with van der Waals surface area (Å²) in [5.41, 5.74) is 2.69. The average Bonchev–Trinajstić information content (AvgIpc) is 3.66. The Hall–Kier alpha value is -4.25. The maximum absolute atomic E-state index is 13.7. The van der Waals surface area contributed by atoms with Crippen molar-refractivity contribution in [1.29, 1.82) is 0 Å². The molecule has 47 heavy (non-hydrogen) atoms. The minimum absolute atomic E-state index is 0.0799. The van der Waals surface area contributed by atoms with Crippen LogP contribution in [0, 0.1) is 11.7 Å². The van der Waals surface area contributed by atoms with Crippen molar-refractivity contribution in [2.24, 2.45) is 5.92 Å². The number of amides is 2. The number of hydrogen-bond donors (Lipinski definition) is 3. The van der Waals surface area contributed by atoms with Crippen molar-refractivity contribution in [3.8, 4) is 28.2 Å². The van der Waals surface area contributed by atoms with Gasteiger partial charge in [0.05, 0.1) is 11.2 Å². The van der Waals surface area contributed by atoms with Gasteiger partial charge in [-0.15, -0.1) is 0 Å². The Balaban J connectivity index is 1.54. The molecule has 10 heteroatoms. The van der Waals surface area contributed by atoms with Crippen LogP contribution in [0.15, 0.2) is 65.1 Å². The molecule has 0 bridgehead atoms. The summed E-state index contributed by atoms with van der Waals surface area (Å²) >= 11 is 0. The highest BCUT2D eigenvalue weighted by Gasteiger charge is 2.33. The number of likely N-dealkylation sites (tertiary alicyclic amines) is 1. The second kappa shape index (κ2) is 14.3. The molecule has 0 radical (unpaired) electrons. The van der Waals surface area contributed by atoms with E-state index in [0.717, 1.165) is 12.8 Å². The fraction of sp³-hybridized carbons (Fsp3) is 0.405. The van der Waals surface area contributed by atoms with E-state index in [9.17, 15) is 19.1 Å². The number of furan rings is 1. The van der Waals surface area contributed by atoms with E-state index < -0.39 is 17.8 Å². The van der Waals surface area contributed by atoms with Crippen molar-refractivity contribution in [2.45, 2.75) is 65.5 Å². The van der Waals surface area contributed by atoms with Crippen molar-refractivity contribution < 1.29 is 33.0 Å². The van der Waals surface area contributed by atoms with Gasteiger partial charge in [0.15, 0.2) is 0 Å². The molecule has 4 aromatic rings. The zero-order chi connectivity index (χ0) is 33.9. The Kier molecular flexibility index (Phi) is 10.3. The van der Waals surface area contributed by atoms with Crippen LogP contribution in [0.25, 0.3) is 33.4 Å². The zero-order valence-electron chi connectivity index (χ0n) is 27.9. The number of rotatable bonds is 11. The molecule has 3 N–H and O–H groups in total. The number of carbonyl (C=O) groups excluding carboxylic acids is 2. The first-order chi connectivity index (χ1) is 22.3. The average molecular weight is 646 g/mol. The molecule has 1 fully saturated rings. The molecule has 3 aromatic carbocycles. The molecule has 2 unspecified atom stereocenters. The number of benzene rings is 3. The number of fused-ring (bicyclic) bond motifs is 1. The summed E-state index contributed by atoms with van der Waals surface area (Å²) in [6.07, 6.45) is 0.675. The first-order valence-corrected chi connectivity index (χ1v) is 16.1. The zero-order valence-corrected chi connectivity index (χ0v) is 27.9. The summed E-state index contributed by atoms with van der Waals surface area (Å²) < 4.78 is 32.1. The van der Waals surface area contributed by atoms with Crippen LogP contribution in [0.3, 0.4) is 0 Å². The van der Waals surface area contributed by atoms with Crippen LogP contribution in [0.2, 0.25) is 0 Å². The molecular weight excluding hydrogens is 601 g/mol. The molecule has 1 aromatic heterocycles. The van der Waals surface area contributed by atoms with Gasteiger partial charge in [0.2, 0.25) is 6.41 Å². The Bertz CT molecular complexity index is 1730. The summed E-state index contributed by atoms with van der Waals surface area (Å²) in [4.78, 5) is 28.2. The molecule has 9 nitrogen and oxygen atoms in total. The van der Waals surface area contributed by atoms with Gasteiger partial charge in [0.25, 0.3) is 11.8 Å².